The van der Waals surface area contributed by atoms with E-state index in [2.05, 4.69) is 168 Å². The molecule has 0 saturated heterocycles. The first-order chi connectivity index (χ1) is 29.7. The van der Waals surface area contributed by atoms with Crippen LogP contribution >= 0.6 is 0 Å². The molecule has 4 aromatic heterocycles. The summed E-state index contributed by atoms with van der Waals surface area (Å²) in [5.41, 5.74) is 13.3. The van der Waals surface area contributed by atoms with Crippen LogP contribution < -0.4 is 4.74 Å². The van der Waals surface area contributed by atoms with Crippen molar-refractivity contribution >= 4 is 104 Å². The van der Waals surface area contributed by atoms with Crippen molar-refractivity contribution in [2.24, 2.45) is 0 Å². The molecule has 1 aliphatic heterocycles. The minimum Gasteiger partial charge on any atom is -0.485 e. The molecule has 0 amide bonds. The van der Waals surface area contributed by atoms with Crippen molar-refractivity contribution in [2.45, 2.75) is 12.0 Å². The molecule has 0 N–H and O–H groups in total. The number of ether oxygens (including phenoxy) is 1. The second-order valence-corrected chi connectivity index (χ2v) is 16.8. The zero-order valence-electron chi connectivity index (χ0n) is 32.1. The van der Waals surface area contributed by atoms with Gasteiger partial charge in [-0.25, -0.2) is 0 Å². The fraction of sp³-hybridized carbons (Fsp3) is 0.0357. The standard InChI is InChI=1S/C56H31NO3/c1-4-10-48-38(7-1)42-24-32(17-19-51(42)58-48)30-13-15-34-23-41-44-29-53-54(40-9-3-6-12-50(40)60-53)55-45-26-35-16-14-31(33-18-20-52-43(25-33)39-8-2-5-11-49(39)59-52)22-37(35)28-47(45)57(56(44)55)46(41)27-36(34)21-30/h1-29,38,48H. The zero-order chi connectivity index (χ0) is 38.8. The maximum atomic E-state index is 6.65. The molecule has 0 fully saturated rings. The molecule has 4 heteroatoms. The van der Waals surface area contributed by atoms with Gasteiger partial charge in [0, 0.05) is 54.6 Å². The quantitative estimate of drug-likeness (QED) is 0.176. The number of hydrogen-bond donors (Lipinski definition) is 0. The van der Waals surface area contributed by atoms with Gasteiger partial charge in [-0.1, -0.05) is 91.0 Å². The maximum Gasteiger partial charge on any atom is 0.136 e. The fourth-order valence-corrected chi connectivity index (χ4v) is 10.8. The molecule has 9 aromatic carbocycles. The van der Waals surface area contributed by atoms with E-state index in [1.165, 1.54) is 92.8 Å². The van der Waals surface area contributed by atoms with Crippen molar-refractivity contribution in [2.75, 3.05) is 0 Å². The number of rotatable bonds is 2. The lowest BCUT2D eigenvalue weighted by Crippen LogP contribution is -2.15. The number of furan rings is 2. The molecular formula is C56H31NO3. The van der Waals surface area contributed by atoms with Gasteiger partial charge in [0.1, 0.15) is 34.2 Å². The minimum absolute atomic E-state index is 0.0745. The Bertz CT molecular complexity index is 4120. The van der Waals surface area contributed by atoms with Crippen molar-refractivity contribution in [1.29, 1.82) is 0 Å². The van der Waals surface area contributed by atoms with Crippen LogP contribution in [0.3, 0.4) is 0 Å². The Morgan fingerprint density at radius 1 is 0.400 bits per heavy atom. The Labute approximate surface area is 341 Å². The van der Waals surface area contributed by atoms with Crippen LogP contribution in [-0.4, -0.2) is 10.5 Å². The summed E-state index contributed by atoms with van der Waals surface area (Å²) in [6.45, 7) is 0. The number of nitrogens with zero attached hydrogens (tertiary/aromatic N) is 1. The normalized spacial score (nSPS) is 16.3. The maximum absolute atomic E-state index is 6.65. The molecule has 13 aromatic rings. The Hall–Kier alpha value is -7.82. The van der Waals surface area contributed by atoms with E-state index in [9.17, 15) is 0 Å². The van der Waals surface area contributed by atoms with Gasteiger partial charge in [-0.15, -0.1) is 0 Å². The number of fused-ring (bicyclic) bond motifs is 18. The molecule has 1 aliphatic carbocycles. The van der Waals surface area contributed by atoms with E-state index in [0.717, 1.165) is 44.2 Å². The summed E-state index contributed by atoms with van der Waals surface area (Å²) in [6, 6.07) is 55.6. The largest absolute Gasteiger partial charge is 0.485 e. The van der Waals surface area contributed by atoms with E-state index in [4.69, 9.17) is 13.6 Å². The first-order valence-electron chi connectivity index (χ1n) is 20.7. The molecule has 60 heavy (non-hydrogen) atoms. The number of benzene rings is 9. The number of hydrogen-bond acceptors (Lipinski definition) is 3. The lowest BCUT2D eigenvalue weighted by Gasteiger charge is -2.14. The highest BCUT2D eigenvalue weighted by Crippen LogP contribution is 2.48. The molecule has 4 nitrogen and oxygen atoms in total. The summed E-state index contributed by atoms with van der Waals surface area (Å²) in [5.74, 6) is 1.23. The summed E-state index contributed by atoms with van der Waals surface area (Å²) in [6.07, 6.45) is 8.71. The van der Waals surface area contributed by atoms with Gasteiger partial charge >= 0.3 is 0 Å². The van der Waals surface area contributed by atoms with Gasteiger partial charge in [0.05, 0.1) is 16.6 Å². The third-order valence-electron chi connectivity index (χ3n) is 13.6. The molecule has 0 bridgehead atoms. The Kier molecular flexibility index (Phi) is 5.73. The first kappa shape index (κ1) is 31.2. The highest BCUT2D eigenvalue weighted by atomic mass is 16.5. The topological polar surface area (TPSA) is 39.9 Å². The first-order valence-corrected chi connectivity index (χ1v) is 20.7. The summed E-state index contributed by atoms with van der Waals surface area (Å²) >= 11 is 0. The van der Waals surface area contributed by atoms with Gasteiger partial charge in [-0.2, -0.15) is 0 Å². The van der Waals surface area contributed by atoms with E-state index in [1.54, 1.807) is 0 Å². The molecule has 2 aliphatic rings. The summed E-state index contributed by atoms with van der Waals surface area (Å²) in [4.78, 5) is 0. The molecule has 5 heterocycles. The molecule has 0 saturated carbocycles. The van der Waals surface area contributed by atoms with E-state index in [-0.39, 0.29) is 12.0 Å². The van der Waals surface area contributed by atoms with Crippen LogP contribution in [0, 0.1) is 0 Å². The lowest BCUT2D eigenvalue weighted by atomic mass is 9.90. The molecule has 0 spiro atoms. The fourth-order valence-electron chi connectivity index (χ4n) is 10.8. The van der Waals surface area contributed by atoms with E-state index in [1.807, 2.05) is 12.1 Å². The number of allylic oxidation sites excluding steroid dienone is 2. The molecule has 0 radical (unpaired) electrons. The SMILES string of the molecule is C1=CC2Oc3ccc(-c4ccc5cc6c7cc8oc9ccccc9c8c8c9cc%10ccc(-c%11ccc%12oc%13ccccc%13c%12c%11)cc%10cc9n(c6cc5c4)c78)cc3C2C=C1. The highest BCUT2D eigenvalue weighted by molar-refractivity contribution is 6.36. The van der Waals surface area contributed by atoms with Crippen LogP contribution in [0.5, 0.6) is 5.75 Å². The van der Waals surface area contributed by atoms with E-state index < -0.39 is 0 Å². The van der Waals surface area contributed by atoms with Crippen molar-refractivity contribution in [3.05, 3.63) is 182 Å². The van der Waals surface area contributed by atoms with Crippen LogP contribution in [0.15, 0.2) is 185 Å². The number of para-hydroxylation sites is 2. The Morgan fingerprint density at radius 3 is 1.87 bits per heavy atom. The van der Waals surface area contributed by atoms with Crippen LogP contribution in [0.25, 0.3) is 126 Å². The van der Waals surface area contributed by atoms with Gasteiger partial charge in [0.15, 0.2) is 0 Å². The molecule has 2 atom stereocenters. The van der Waals surface area contributed by atoms with Gasteiger partial charge < -0.3 is 18.0 Å². The number of aromatic nitrogens is 1. The van der Waals surface area contributed by atoms with Crippen LogP contribution in [-0.2, 0) is 0 Å². The van der Waals surface area contributed by atoms with Crippen LogP contribution in [0.1, 0.15) is 11.5 Å². The van der Waals surface area contributed by atoms with Crippen molar-refractivity contribution in [3.8, 4) is 28.0 Å². The molecule has 278 valence electrons. The molecule has 15 rings (SSSR count). The van der Waals surface area contributed by atoms with Gasteiger partial charge in [0.25, 0.3) is 0 Å². The summed E-state index contributed by atoms with van der Waals surface area (Å²) < 4.78 is 21.6. The van der Waals surface area contributed by atoms with Crippen molar-refractivity contribution in [1.82, 2.24) is 4.40 Å². The zero-order valence-corrected chi connectivity index (χ0v) is 32.1. The predicted molar refractivity (Wildman–Crippen MR) is 247 cm³/mol. The average Bonchev–Trinajstić information content (AvgIpc) is 4.10. The molecular weight excluding hydrogens is 735 g/mol. The van der Waals surface area contributed by atoms with Gasteiger partial charge in [0.2, 0.25) is 0 Å². The third kappa shape index (κ3) is 4.05. The highest BCUT2D eigenvalue weighted by Gasteiger charge is 2.32. The average molecular weight is 766 g/mol. The lowest BCUT2D eigenvalue weighted by molar-refractivity contribution is 0.269. The van der Waals surface area contributed by atoms with E-state index in [0.29, 0.717) is 0 Å². The Balaban J connectivity index is 0.980. The van der Waals surface area contributed by atoms with Crippen LogP contribution in [0.2, 0.25) is 0 Å². The smallest absolute Gasteiger partial charge is 0.136 e. The van der Waals surface area contributed by atoms with Crippen molar-refractivity contribution < 1.29 is 13.6 Å². The third-order valence-corrected chi connectivity index (χ3v) is 13.6. The van der Waals surface area contributed by atoms with Crippen molar-refractivity contribution in [3.63, 3.8) is 0 Å². The summed E-state index contributed by atoms with van der Waals surface area (Å²) in [7, 11) is 0. The molecule has 2 unspecified atom stereocenters. The second-order valence-electron chi connectivity index (χ2n) is 16.8. The van der Waals surface area contributed by atoms with E-state index >= 15 is 0 Å². The predicted octanol–water partition coefficient (Wildman–Crippen LogP) is 15.2. The monoisotopic (exact) mass is 765 g/mol. The second kappa shape index (κ2) is 11.0. The van der Waals surface area contributed by atoms with Gasteiger partial charge in [-0.05, 0) is 129 Å². The van der Waals surface area contributed by atoms with Crippen LogP contribution in [0.4, 0.5) is 0 Å². The summed E-state index contributed by atoms with van der Waals surface area (Å²) in [5, 5.41) is 14.4. The minimum atomic E-state index is 0.0745. The van der Waals surface area contributed by atoms with Gasteiger partial charge in [-0.3, -0.25) is 0 Å². The Morgan fingerprint density at radius 2 is 1.03 bits per heavy atom.